The van der Waals surface area contributed by atoms with E-state index in [0.29, 0.717) is 0 Å². The van der Waals surface area contributed by atoms with Crippen LogP contribution in [0.25, 0.3) is 6.08 Å². The van der Waals surface area contributed by atoms with Crippen molar-refractivity contribution in [1.29, 1.82) is 0 Å². The monoisotopic (exact) mass is 212 g/mol. The molecule has 0 aromatic heterocycles. The zero-order valence-corrected chi connectivity index (χ0v) is 9.81. The highest BCUT2D eigenvalue weighted by atomic mass is 13.8. The third kappa shape index (κ3) is 14.4. The van der Waals surface area contributed by atoms with Gasteiger partial charge < -0.3 is 0 Å². The van der Waals surface area contributed by atoms with E-state index >= 15 is 0 Å². The summed E-state index contributed by atoms with van der Waals surface area (Å²) in [7, 11) is 0. The zero-order valence-electron chi connectivity index (χ0n) is 9.81. The summed E-state index contributed by atoms with van der Waals surface area (Å²) in [4.78, 5) is 0. The summed E-state index contributed by atoms with van der Waals surface area (Å²) in [5.74, 6) is 0. The standard InChI is InChI=1S/C8H8.2C4H6/c1-2-8-6-4-3-5-7-8;2*1-3-4-2/h2-7H,1H2;2*3-4H,1-2H2. The van der Waals surface area contributed by atoms with Crippen molar-refractivity contribution in [3.63, 3.8) is 0 Å². The van der Waals surface area contributed by atoms with Gasteiger partial charge in [-0.25, -0.2) is 0 Å². The van der Waals surface area contributed by atoms with E-state index in [2.05, 4.69) is 32.9 Å². The lowest BCUT2D eigenvalue weighted by atomic mass is 10.2. The van der Waals surface area contributed by atoms with Crippen molar-refractivity contribution in [2.45, 2.75) is 0 Å². The quantitative estimate of drug-likeness (QED) is 0.615. The van der Waals surface area contributed by atoms with Crippen LogP contribution in [-0.2, 0) is 0 Å². The number of hydrogen-bond acceptors (Lipinski definition) is 0. The summed E-state index contributed by atoms with van der Waals surface area (Å²) in [6.45, 7) is 17.1. The third-order valence-electron chi connectivity index (χ3n) is 1.37. The lowest BCUT2D eigenvalue weighted by molar-refractivity contribution is 1.67. The minimum absolute atomic E-state index is 1.17. The van der Waals surface area contributed by atoms with Gasteiger partial charge in [0, 0.05) is 0 Å². The van der Waals surface area contributed by atoms with Crippen molar-refractivity contribution in [2.75, 3.05) is 0 Å². The predicted octanol–water partition coefficient (Wildman–Crippen LogP) is 5.05. The van der Waals surface area contributed by atoms with Crippen LogP contribution in [0.5, 0.6) is 0 Å². The van der Waals surface area contributed by atoms with Crippen molar-refractivity contribution in [3.05, 3.63) is 93.1 Å². The summed E-state index contributed by atoms with van der Waals surface area (Å²) in [6.07, 6.45) is 8.39. The third-order valence-corrected chi connectivity index (χ3v) is 1.37. The molecular weight excluding hydrogens is 192 g/mol. The number of rotatable bonds is 3. The molecule has 0 nitrogen and oxygen atoms in total. The van der Waals surface area contributed by atoms with Gasteiger partial charge in [0.25, 0.3) is 0 Å². The van der Waals surface area contributed by atoms with Crippen LogP contribution in [0.2, 0.25) is 0 Å². The van der Waals surface area contributed by atoms with E-state index < -0.39 is 0 Å². The molecule has 0 heterocycles. The van der Waals surface area contributed by atoms with Crippen LogP contribution in [0, 0.1) is 0 Å². The molecule has 0 radical (unpaired) electrons. The summed E-state index contributed by atoms with van der Waals surface area (Å²) in [5, 5.41) is 0. The normalized spacial score (nSPS) is 6.75. The first-order valence-corrected chi connectivity index (χ1v) is 4.91. The van der Waals surface area contributed by atoms with Crippen LogP contribution in [0.15, 0.2) is 87.5 Å². The lowest BCUT2D eigenvalue weighted by Crippen LogP contribution is -1.63. The van der Waals surface area contributed by atoms with Crippen LogP contribution in [0.4, 0.5) is 0 Å². The molecule has 0 aliphatic rings. The van der Waals surface area contributed by atoms with Crippen molar-refractivity contribution in [2.24, 2.45) is 0 Å². The first-order chi connectivity index (χ1) is 7.76. The molecule has 0 bridgehead atoms. The van der Waals surface area contributed by atoms with Gasteiger partial charge in [0.2, 0.25) is 0 Å². The fourth-order valence-electron chi connectivity index (χ4n) is 0.589. The molecule has 0 spiro atoms. The molecule has 0 N–H and O–H groups in total. The van der Waals surface area contributed by atoms with E-state index in [1.165, 1.54) is 5.56 Å². The van der Waals surface area contributed by atoms with Gasteiger partial charge in [-0.05, 0) is 5.56 Å². The van der Waals surface area contributed by atoms with Gasteiger partial charge in [-0.15, -0.1) is 0 Å². The molecule has 0 atom stereocenters. The van der Waals surface area contributed by atoms with Crippen molar-refractivity contribution in [1.82, 2.24) is 0 Å². The second-order valence-electron chi connectivity index (χ2n) is 2.56. The Morgan fingerprint density at radius 2 is 1.00 bits per heavy atom. The van der Waals surface area contributed by atoms with Crippen LogP contribution in [0.3, 0.4) is 0 Å². The molecule has 0 fully saturated rings. The van der Waals surface area contributed by atoms with E-state index in [0.717, 1.165) is 0 Å². The number of hydrogen-bond donors (Lipinski definition) is 0. The molecule has 84 valence electrons. The van der Waals surface area contributed by atoms with Gasteiger partial charge >= 0.3 is 0 Å². The topological polar surface area (TPSA) is 0 Å². The van der Waals surface area contributed by atoms with Crippen molar-refractivity contribution in [3.8, 4) is 0 Å². The maximum atomic E-state index is 3.63. The highest BCUT2D eigenvalue weighted by Gasteiger charge is 1.75. The Labute approximate surface area is 99.6 Å². The summed E-state index contributed by atoms with van der Waals surface area (Å²) >= 11 is 0. The average Bonchev–Trinajstić information content (AvgIpc) is 2.40. The summed E-state index contributed by atoms with van der Waals surface area (Å²) in [5.41, 5.74) is 1.17. The van der Waals surface area contributed by atoms with E-state index in [1.807, 2.05) is 36.4 Å². The highest BCUT2D eigenvalue weighted by molar-refractivity contribution is 5.45. The van der Waals surface area contributed by atoms with E-state index in [1.54, 1.807) is 24.3 Å². The molecule has 0 heteroatoms. The number of allylic oxidation sites excluding steroid dienone is 4. The Morgan fingerprint density at radius 3 is 1.19 bits per heavy atom. The van der Waals surface area contributed by atoms with Gasteiger partial charge in [-0.3, -0.25) is 0 Å². The van der Waals surface area contributed by atoms with Crippen LogP contribution in [-0.4, -0.2) is 0 Å². The van der Waals surface area contributed by atoms with E-state index in [9.17, 15) is 0 Å². The second-order valence-corrected chi connectivity index (χ2v) is 2.56. The average molecular weight is 212 g/mol. The minimum Gasteiger partial charge on any atom is -0.0991 e. The van der Waals surface area contributed by atoms with Gasteiger partial charge in [0.05, 0.1) is 0 Å². The second kappa shape index (κ2) is 15.4. The molecule has 0 aliphatic heterocycles. The molecular formula is C16H20. The largest absolute Gasteiger partial charge is 0.0991 e. The van der Waals surface area contributed by atoms with Gasteiger partial charge in [0.1, 0.15) is 0 Å². The van der Waals surface area contributed by atoms with Gasteiger partial charge in [-0.2, -0.15) is 0 Å². The summed E-state index contributed by atoms with van der Waals surface area (Å²) < 4.78 is 0. The molecule has 1 rings (SSSR count). The van der Waals surface area contributed by atoms with E-state index in [-0.39, 0.29) is 0 Å². The van der Waals surface area contributed by atoms with Crippen LogP contribution >= 0.6 is 0 Å². The maximum Gasteiger partial charge on any atom is -0.0263 e. The Kier molecular flexibility index (Phi) is 15.7. The molecule has 1 aromatic rings. The maximum absolute atomic E-state index is 3.63. The smallest absolute Gasteiger partial charge is 0.0263 e. The Morgan fingerprint density at radius 1 is 0.625 bits per heavy atom. The van der Waals surface area contributed by atoms with Gasteiger partial charge in [0.15, 0.2) is 0 Å². The SMILES string of the molecule is C=CC=C.C=CC=C.C=Cc1ccccc1. The van der Waals surface area contributed by atoms with Crippen molar-refractivity contribution >= 4 is 6.08 Å². The lowest BCUT2D eigenvalue weighted by Gasteiger charge is -1.85. The fraction of sp³-hybridized carbons (Fsp3) is 0. The first-order valence-electron chi connectivity index (χ1n) is 4.91. The minimum atomic E-state index is 1.17. The Hall–Kier alpha value is -2.08. The summed E-state index contributed by atoms with van der Waals surface area (Å²) in [6, 6.07) is 10.0. The highest BCUT2D eigenvalue weighted by Crippen LogP contribution is 1.97. The van der Waals surface area contributed by atoms with Crippen molar-refractivity contribution < 1.29 is 0 Å². The molecule has 1 aromatic carbocycles. The molecule has 0 amide bonds. The van der Waals surface area contributed by atoms with Crippen LogP contribution < -0.4 is 0 Å². The number of benzene rings is 1. The van der Waals surface area contributed by atoms with Gasteiger partial charge in [-0.1, -0.05) is 93.6 Å². The Bertz CT molecular complexity index is 280. The predicted molar refractivity (Wildman–Crippen MR) is 77.3 cm³/mol. The fourth-order valence-corrected chi connectivity index (χ4v) is 0.589. The molecule has 0 aliphatic carbocycles. The first kappa shape index (κ1) is 16.4. The van der Waals surface area contributed by atoms with Crippen LogP contribution in [0.1, 0.15) is 5.56 Å². The molecule has 0 saturated carbocycles. The molecule has 0 unspecified atom stereocenters. The zero-order chi connectivity index (χ0) is 12.6. The molecule has 16 heavy (non-hydrogen) atoms. The van der Waals surface area contributed by atoms with E-state index in [4.69, 9.17) is 0 Å². The molecule has 0 saturated heterocycles. The Balaban J connectivity index is 0.